The van der Waals surface area contributed by atoms with Crippen molar-refractivity contribution in [2.75, 3.05) is 13.2 Å². The van der Waals surface area contributed by atoms with Crippen LogP contribution >= 0.6 is 0 Å². The van der Waals surface area contributed by atoms with Crippen molar-refractivity contribution < 1.29 is 24.5 Å². The normalized spacial score (nSPS) is 12.6. The lowest BCUT2D eigenvalue weighted by Gasteiger charge is -2.22. The molecule has 0 aliphatic carbocycles. The van der Waals surface area contributed by atoms with Gasteiger partial charge >= 0.3 is 5.97 Å². The number of allylic oxidation sites excluding steroid dienone is 6. The Morgan fingerprint density at radius 3 is 0.878 bits per heavy atom. The average Bonchev–Trinajstić information content (AvgIpc) is 3.68. The second-order valence-corrected chi connectivity index (χ2v) is 28.5. The minimum absolute atomic E-state index is 0.00691. The Hall–Kier alpha value is -1.92. The molecule has 6 heteroatoms. The highest BCUT2D eigenvalue weighted by Crippen LogP contribution is 2.20. The lowest BCUT2D eigenvalue weighted by Crippen LogP contribution is -2.45. The first-order chi connectivity index (χ1) is 44.5. The van der Waals surface area contributed by atoms with E-state index in [2.05, 4.69) is 55.6 Å². The van der Waals surface area contributed by atoms with Gasteiger partial charge in [-0.25, -0.2) is 0 Å². The van der Waals surface area contributed by atoms with Gasteiger partial charge in [0.05, 0.1) is 25.4 Å². The minimum atomic E-state index is -0.663. The van der Waals surface area contributed by atoms with Crippen LogP contribution in [0, 0.1) is 0 Å². The van der Waals surface area contributed by atoms with Crippen LogP contribution in [0.2, 0.25) is 0 Å². The second kappa shape index (κ2) is 79.5. The molecule has 0 heterocycles. The SMILES string of the molecule is CCCCC/C=C\C/C=C\CCCCCCCC(=O)OCCCCCCCCCCCCCCCC/C=C\CCCCCCCCCCCCCCCCCCCC(=O)NC(CO)C(O)CCCCCCCCCCCCCCCCCCCCCCCCC. The fourth-order valence-electron chi connectivity index (χ4n) is 13.1. The third-order valence-electron chi connectivity index (χ3n) is 19.4. The summed E-state index contributed by atoms with van der Waals surface area (Å²) in [6.07, 6.45) is 104. The topological polar surface area (TPSA) is 95.9 Å². The molecule has 0 aliphatic rings. The van der Waals surface area contributed by atoms with Gasteiger partial charge in [0.25, 0.3) is 0 Å². The Morgan fingerprint density at radius 2 is 0.556 bits per heavy atom. The van der Waals surface area contributed by atoms with Crippen molar-refractivity contribution >= 4 is 11.9 Å². The van der Waals surface area contributed by atoms with Gasteiger partial charge in [-0.3, -0.25) is 9.59 Å². The summed E-state index contributed by atoms with van der Waals surface area (Å²) in [7, 11) is 0. The van der Waals surface area contributed by atoms with Crippen molar-refractivity contribution in [3.05, 3.63) is 36.5 Å². The molecule has 0 saturated heterocycles. The number of amides is 1. The maximum absolute atomic E-state index is 12.6. The van der Waals surface area contributed by atoms with E-state index in [0.717, 1.165) is 51.4 Å². The third-order valence-corrected chi connectivity index (χ3v) is 19.4. The van der Waals surface area contributed by atoms with Crippen LogP contribution in [0.5, 0.6) is 0 Å². The number of unbranched alkanes of at least 4 members (excludes halogenated alkanes) is 61. The van der Waals surface area contributed by atoms with Gasteiger partial charge in [-0.2, -0.15) is 0 Å². The van der Waals surface area contributed by atoms with E-state index in [9.17, 15) is 19.8 Å². The van der Waals surface area contributed by atoms with Crippen LogP contribution in [-0.2, 0) is 14.3 Å². The number of carbonyl (C=O) groups is 2. The van der Waals surface area contributed by atoms with Crippen LogP contribution in [0.4, 0.5) is 0 Å². The summed E-state index contributed by atoms with van der Waals surface area (Å²) in [5.74, 6) is -0.0190. The van der Waals surface area contributed by atoms with Crippen molar-refractivity contribution in [2.24, 2.45) is 0 Å². The number of hydrogen-bond donors (Lipinski definition) is 3. The molecule has 0 aromatic heterocycles. The van der Waals surface area contributed by atoms with Crippen LogP contribution in [0.25, 0.3) is 0 Å². The summed E-state index contributed by atoms with van der Waals surface area (Å²) in [6, 6.07) is -0.540. The van der Waals surface area contributed by atoms with E-state index >= 15 is 0 Å². The zero-order valence-corrected chi connectivity index (χ0v) is 61.1. The fraction of sp³-hybridized carbons (Fsp3) is 0.905. The molecule has 0 bridgehead atoms. The maximum Gasteiger partial charge on any atom is 0.305 e. The molecule has 0 spiro atoms. The largest absolute Gasteiger partial charge is 0.466 e. The summed E-state index contributed by atoms with van der Waals surface area (Å²) in [6.45, 7) is 4.97. The number of aliphatic hydroxyl groups is 2. The zero-order valence-electron chi connectivity index (χ0n) is 61.1. The minimum Gasteiger partial charge on any atom is -0.466 e. The van der Waals surface area contributed by atoms with Crippen LogP contribution in [0.3, 0.4) is 0 Å². The van der Waals surface area contributed by atoms with Crippen molar-refractivity contribution in [3.8, 4) is 0 Å². The van der Waals surface area contributed by atoms with Crippen LogP contribution in [0.1, 0.15) is 463 Å². The van der Waals surface area contributed by atoms with Gasteiger partial charge in [-0.15, -0.1) is 0 Å². The quantitative estimate of drug-likeness (QED) is 0.0320. The highest BCUT2D eigenvalue weighted by atomic mass is 16.5. The van der Waals surface area contributed by atoms with E-state index in [1.807, 2.05) is 0 Å². The number of nitrogens with one attached hydrogen (secondary N) is 1. The van der Waals surface area contributed by atoms with Gasteiger partial charge < -0.3 is 20.3 Å². The van der Waals surface area contributed by atoms with Gasteiger partial charge in [0, 0.05) is 12.8 Å². The first-order valence-electron chi connectivity index (χ1n) is 41.2. The number of aliphatic hydroxyl groups excluding tert-OH is 2. The molecule has 0 aliphatic heterocycles. The highest BCUT2D eigenvalue weighted by molar-refractivity contribution is 5.76. The molecule has 6 nitrogen and oxygen atoms in total. The lowest BCUT2D eigenvalue weighted by atomic mass is 10.0. The van der Waals surface area contributed by atoms with E-state index < -0.39 is 12.1 Å². The molecule has 0 rings (SSSR count). The highest BCUT2D eigenvalue weighted by Gasteiger charge is 2.20. The Kier molecular flexibility index (Phi) is 77.8. The molecule has 2 atom stereocenters. The predicted octanol–water partition coefficient (Wildman–Crippen LogP) is 27.4. The second-order valence-electron chi connectivity index (χ2n) is 28.5. The van der Waals surface area contributed by atoms with Gasteiger partial charge in [0.15, 0.2) is 0 Å². The van der Waals surface area contributed by atoms with Crippen LogP contribution < -0.4 is 5.32 Å². The number of esters is 1. The number of rotatable bonds is 78. The average molecular weight is 1270 g/mol. The number of hydrogen-bond acceptors (Lipinski definition) is 5. The molecule has 1 amide bonds. The van der Waals surface area contributed by atoms with Crippen molar-refractivity contribution in [1.82, 2.24) is 5.32 Å². The predicted molar refractivity (Wildman–Crippen MR) is 398 cm³/mol. The van der Waals surface area contributed by atoms with E-state index in [-0.39, 0.29) is 18.5 Å². The first-order valence-corrected chi connectivity index (χ1v) is 41.2. The Balaban J connectivity index is 3.35. The first kappa shape index (κ1) is 88.1. The summed E-state index contributed by atoms with van der Waals surface area (Å²) < 4.78 is 5.49. The summed E-state index contributed by atoms with van der Waals surface area (Å²) >= 11 is 0. The van der Waals surface area contributed by atoms with E-state index in [1.54, 1.807) is 0 Å². The van der Waals surface area contributed by atoms with Crippen molar-refractivity contribution in [1.29, 1.82) is 0 Å². The van der Waals surface area contributed by atoms with Gasteiger partial charge in [0.2, 0.25) is 5.91 Å². The van der Waals surface area contributed by atoms with E-state index in [0.29, 0.717) is 25.9 Å². The maximum atomic E-state index is 12.6. The molecule has 0 radical (unpaired) electrons. The van der Waals surface area contributed by atoms with Gasteiger partial charge in [-0.05, 0) is 83.5 Å². The summed E-state index contributed by atoms with van der Waals surface area (Å²) in [5.41, 5.74) is 0. The molecule has 90 heavy (non-hydrogen) atoms. The molecule has 2 unspecified atom stereocenters. The molecule has 0 aromatic rings. The lowest BCUT2D eigenvalue weighted by molar-refractivity contribution is -0.143. The van der Waals surface area contributed by atoms with Crippen molar-refractivity contribution in [2.45, 2.75) is 475 Å². The summed E-state index contributed by atoms with van der Waals surface area (Å²) in [4.78, 5) is 24.7. The van der Waals surface area contributed by atoms with Crippen LogP contribution in [-0.4, -0.2) is 47.4 Å². The fourth-order valence-corrected chi connectivity index (χ4v) is 13.1. The molecule has 532 valence electrons. The Labute approximate surface area is 564 Å². The number of ether oxygens (including phenoxy) is 1. The van der Waals surface area contributed by atoms with Crippen molar-refractivity contribution in [3.63, 3.8) is 0 Å². The van der Waals surface area contributed by atoms with Gasteiger partial charge in [0.1, 0.15) is 0 Å². The molecule has 0 aromatic carbocycles. The molecule has 0 saturated carbocycles. The van der Waals surface area contributed by atoms with E-state index in [1.165, 1.54) is 379 Å². The monoisotopic (exact) mass is 1260 g/mol. The summed E-state index contributed by atoms with van der Waals surface area (Å²) in [5, 5.41) is 23.5. The van der Waals surface area contributed by atoms with Crippen LogP contribution in [0.15, 0.2) is 36.5 Å². The Morgan fingerprint density at radius 1 is 0.311 bits per heavy atom. The molecule has 0 fully saturated rings. The van der Waals surface area contributed by atoms with Gasteiger partial charge in [-0.1, -0.05) is 403 Å². The molecular formula is C84H161NO5. The smallest absolute Gasteiger partial charge is 0.305 e. The molecule has 3 N–H and O–H groups in total. The third kappa shape index (κ3) is 75.1. The molecular weight excluding hydrogens is 1100 g/mol. The number of carbonyl (C=O) groups excluding carboxylic acids is 2. The Bertz CT molecular complexity index is 1460. The standard InChI is InChI=1S/C84H161NO5/c1-3-5-7-9-11-13-15-17-19-20-21-22-36-39-42-45-49-52-56-60-64-68-72-76-82(87)81(80-86)85-83(88)77-73-69-65-61-57-53-50-46-43-40-37-34-32-30-28-26-24-23-25-27-29-31-33-35-38-41-44-47-51-55-59-63-67-71-75-79-90-84(89)78-74-70-66-62-58-54-48-18-16-14-12-10-8-6-4-2/h12,14,18,25,27,48,81-82,86-87H,3-11,13,15-17,19-24,26,28-47,49-80H2,1-2H3,(H,85,88)/b14-12-,27-25-,48-18-. The van der Waals surface area contributed by atoms with E-state index in [4.69, 9.17) is 4.74 Å². The zero-order chi connectivity index (χ0) is 64.9.